The molecule has 1 N–H and O–H groups in total. The lowest BCUT2D eigenvalue weighted by Gasteiger charge is -2.22. The number of aryl methyl sites for hydroxylation is 1. The first-order valence-electron chi connectivity index (χ1n) is 6.01. The van der Waals surface area contributed by atoms with E-state index < -0.39 is 0 Å². The van der Waals surface area contributed by atoms with Gasteiger partial charge >= 0.3 is 0 Å². The normalized spacial score (nSPS) is 23.9. The second kappa shape index (κ2) is 4.87. The van der Waals surface area contributed by atoms with Crippen molar-refractivity contribution in [2.24, 2.45) is 18.9 Å². The topological polar surface area (TPSA) is 50.2 Å². The molecule has 0 spiro atoms. The van der Waals surface area contributed by atoms with E-state index in [2.05, 4.69) is 17.3 Å². The van der Waals surface area contributed by atoms with Crippen LogP contribution in [0.15, 0.2) is 12.4 Å². The summed E-state index contributed by atoms with van der Waals surface area (Å²) in [5, 5.41) is 7.37. The molecule has 1 aliphatic rings. The van der Waals surface area contributed by atoms with Crippen LogP contribution in [-0.4, -0.2) is 40.7 Å². The smallest absolute Gasteiger partial charge is 0.227 e. The molecule has 0 bridgehead atoms. The number of carbonyl (C=O) groups is 1. The molecule has 1 aromatic heterocycles. The zero-order valence-corrected chi connectivity index (χ0v) is 10.7. The summed E-state index contributed by atoms with van der Waals surface area (Å²) in [6.45, 7) is 4.50. The summed E-state index contributed by atoms with van der Waals surface area (Å²) in [6.07, 6.45) is 3.75. The Morgan fingerprint density at radius 3 is 2.94 bits per heavy atom. The van der Waals surface area contributed by atoms with Gasteiger partial charge in [-0.05, 0) is 12.5 Å². The number of nitrogens with one attached hydrogen (secondary N) is 1. The first-order valence-corrected chi connectivity index (χ1v) is 6.01. The summed E-state index contributed by atoms with van der Waals surface area (Å²) in [4.78, 5) is 14.0. The molecule has 94 valence electrons. The molecule has 1 aromatic rings. The Bertz CT molecular complexity index is 401. The van der Waals surface area contributed by atoms with Gasteiger partial charge in [-0.1, -0.05) is 6.92 Å². The van der Waals surface area contributed by atoms with Crippen LogP contribution in [0.2, 0.25) is 0 Å². The maximum atomic E-state index is 12.2. The van der Waals surface area contributed by atoms with Crippen LogP contribution < -0.4 is 5.32 Å². The van der Waals surface area contributed by atoms with Crippen LogP contribution in [-0.2, 0) is 18.4 Å². The first kappa shape index (κ1) is 12.1. The molecule has 0 radical (unpaired) electrons. The van der Waals surface area contributed by atoms with Gasteiger partial charge in [-0.3, -0.25) is 9.48 Å². The number of hydrogen-bond donors (Lipinski definition) is 1. The predicted octanol–water partition coefficient (Wildman–Crippen LogP) is 0.234. The highest BCUT2D eigenvalue weighted by Gasteiger charge is 2.31. The summed E-state index contributed by atoms with van der Waals surface area (Å²) in [6, 6.07) is 0. The molecule has 2 heterocycles. The molecule has 0 saturated carbocycles. The lowest BCUT2D eigenvalue weighted by molar-refractivity contribution is -0.135. The molecule has 0 unspecified atom stereocenters. The van der Waals surface area contributed by atoms with E-state index in [4.69, 9.17) is 0 Å². The van der Waals surface area contributed by atoms with Crippen LogP contribution in [0, 0.1) is 11.8 Å². The highest BCUT2D eigenvalue weighted by molar-refractivity contribution is 5.79. The second-order valence-electron chi connectivity index (χ2n) is 4.96. The van der Waals surface area contributed by atoms with Gasteiger partial charge in [-0.2, -0.15) is 5.10 Å². The summed E-state index contributed by atoms with van der Waals surface area (Å²) in [5.74, 6) is 0.780. The number of amides is 1. The van der Waals surface area contributed by atoms with E-state index in [-0.39, 0.29) is 11.8 Å². The molecule has 1 amide bonds. The summed E-state index contributed by atoms with van der Waals surface area (Å²) in [7, 11) is 3.74. The number of aromatic nitrogens is 2. The van der Waals surface area contributed by atoms with Gasteiger partial charge in [-0.15, -0.1) is 0 Å². The van der Waals surface area contributed by atoms with E-state index >= 15 is 0 Å². The van der Waals surface area contributed by atoms with Crippen LogP contribution in [0.3, 0.4) is 0 Å². The fourth-order valence-corrected chi connectivity index (χ4v) is 2.33. The largest absolute Gasteiger partial charge is 0.341 e. The van der Waals surface area contributed by atoms with Crippen molar-refractivity contribution >= 4 is 5.91 Å². The van der Waals surface area contributed by atoms with E-state index in [1.54, 1.807) is 15.8 Å². The quantitative estimate of drug-likeness (QED) is 0.817. The zero-order chi connectivity index (χ0) is 12.4. The van der Waals surface area contributed by atoms with Gasteiger partial charge in [0, 0.05) is 38.9 Å². The number of nitrogens with zero attached hydrogens (tertiary/aromatic N) is 3. The minimum Gasteiger partial charge on any atom is -0.341 e. The fourth-order valence-electron chi connectivity index (χ4n) is 2.33. The van der Waals surface area contributed by atoms with Gasteiger partial charge in [0.1, 0.15) is 0 Å². The molecule has 5 heteroatoms. The van der Waals surface area contributed by atoms with E-state index in [1.807, 2.05) is 20.3 Å². The van der Waals surface area contributed by atoms with Crippen molar-refractivity contribution in [2.75, 3.05) is 20.1 Å². The standard InChI is InChI=1S/C12H20N4O/c1-9-4-13-6-11(9)12(17)15(2)7-10-5-14-16(3)8-10/h5,8-9,11,13H,4,6-7H2,1-3H3/t9-,11-/m1/s1. The second-order valence-corrected chi connectivity index (χ2v) is 4.96. The maximum absolute atomic E-state index is 12.2. The van der Waals surface area contributed by atoms with E-state index in [0.717, 1.165) is 18.7 Å². The lowest BCUT2D eigenvalue weighted by atomic mass is 9.97. The Kier molecular flexibility index (Phi) is 3.47. The number of carbonyl (C=O) groups excluding carboxylic acids is 1. The fraction of sp³-hybridized carbons (Fsp3) is 0.667. The van der Waals surface area contributed by atoms with Gasteiger partial charge in [0.05, 0.1) is 12.1 Å². The maximum Gasteiger partial charge on any atom is 0.227 e. The monoisotopic (exact) mass is 236 g/mol. The average molecular weight is 236 g/mol. The Morgan fingerprint density at radius 1 is 1.65 bits per heavy atom. The van der Waals surface area contributed by atoms with Gasteiger partial charge in [-0.25, -0.2) is 0 Å². The van der Waals surface area contributed by atoms with Crippen molar-refractivity contribution in [3.05, 3.63) is 18.0 Å². The molecule has 5 nitrogen and oxygen atoms in total. The third-order valence-corrected chi connectivity index (χ3v) is 3.39. The minimum atomic E-state index is 0.122. The Labute approximate surface area is 102 Å². The highest BCUT2D eigenvalue weighted by Crippen LogP contribution is 2.18. The molecular formula is C12H20N4O. The van der Waals surface area contributed by atoms with E-state index in [0.29, 0.717) is 12.5 Å². The van der Waals surface area contributed by atoms with Crippen molar-refractivity contribution in [2.45, 2.75) is 13.5 Å². The van der Waals surface area contributed by atoms with Gasteiger partial charge in [0.25, 0.3) is 0 Å². The highest BCUT2D eigenvalue weighted by atomic mass is 16.2. The minimum absolute atomic E-state index is 0.122. The first-order chi connectivity index (χ1) is 8.08. The molecule has 0 aromatic carbocycles. The predicted molar refractivity (Wildman–Crippen MR) is 65.2 cm³/mol. The Hall–Kier alpha value is -1.36. The molecule has 0 aliphatic carbocycles. The molecule has 2 rings (SSSR count). The third kappa shape index (κ3) is 2.66. The van der Waals surface area contributed by atoms with Crippen molar-refractivity contribution in [1.82, 2.24) is 20.0 Å². The molecule has 1 aliphatic heterocycles. The van der Waals surface area contributed by atoms with Crippen LogP contribution in [0.25, 0.3) is 0 Å². The Balaban J connectivity index is 1.95. The molecular weight excluding hydrogens is 216 g/mol. The SMILES string of the molecule is C[C@@H]1CNC[C@H]1C(=O)N(C)Cc1cnn(C)c1. The van der Waals surface area contributed by atoms with Gasteiger partial charge in [0.15, 0.2) is 0 Å². The van der Waals surface area contributed by atoms with Crippen LogP contribution >= 0.6 is 0 Å². The van der Waals surface area contributed by atoms with Crippen molar-refractivity contribution in [3.63, 3.8) is 0 Å². The summed E-state index contributed by atoms with van der Waals surface area (Å²) >= 11 is 0. The third-order valence-electron chi connectivity index (χ3n) is 3.39. The van der Waals surface area contributed by atoms with Crippen molar-refractivity contribution < 1.29 is 4.79 Å². The summed E-state index contributed by atoms with van der Waals surface area (Å²) in [5.41, 5.74) is 1.07. The van der Waals surface area contributed by atoms with Crippen LogP contribution in [0.4, 0.5) is 0 Å². The van der Waals surface area contributed by atoms with E-state index in [1.165, 1.54) is 0 Å². The summed E-state index contributed by atoms with van der Waals surface area (Å²) < 4.78 is 1.76. The van der Waals surface area contributed by atoms with Crippen LogP contribution in [0.5, 0.6) is 0 Å². The van der Waals surface area contributed by atoms with Crippen LogP contribution in [0.1, 0.15) is 12.5 Å². The van der Waals surface area contributed by atoms with Crippen molar-refractivity contribution in [3.8, 4) is 0 Å². The Morgan fingerprint density at radius 2 is 2.41 bits per heavy atom. The average Bonchev–Trinajstić information content (AvgIpc) is 2.86. The molecule has 17 heavy (non-hydrogen) atoms. The van der Waals surface area contributed by atoms with Gasteiger partial charge in [0.2, 0.25) is 5.91 Å². The molecule has 1 saturated heterocycles. The van der Waals surface area contributed by atoms with Gasteiger partial charge < -0.3 is 10.2 Å². The molecule has 2 atom stereocenters. The van der Waals surface area contributed by atoms with Crippen molar-refractivity contribution in [1.29, 1.82) is 0 Å². The zero-order valence-electron chi connectivity index (χ0n) is 10.7. The molecule has 1 fully saturated rings. The van der Waals surface area contributed by atoms with E-state index in [9.17, 15) is 4.79 Å². The lowest BCUT2D eigenvalue weighted by Crippen LogP contribution is -2.35. The number of hydrogen-bond acceptors (Lipinski definition) is 3. The number of rotatable bonds is 3.